The average Bonchev–Trinajstić information content (AvgIpc) is 3.20. The normalized spacial score (nSPS) is 10.8. The highest BCUT2D eigenvalue weighted by atomic mass is 16.1. The summed E-state index contributed by atoms with van der Waals surface area (Å²) < 4.78 is 1.88. The predicted octanol–water partition coefficient (Wildman–Crippen LogP) is 2.87. The van der Waals surface area contributed by atoms with E-state index < -0.39 is 0 Å². The summed E-state index contributed by atoms with van der Waals surface area (Å²) in [5.74, 6) is 1.30. The van der Waals surface area contributed by atoms with Crippen molar-refractivity contribution in [3.05, 3.63) is 83.3 Å². The number of rotatable bonds is 8. The van der Waals surface area contributed by atoms with Crippen LogP contribution in [0.25, 0.3) is 11.5 Å². The second-order valence-corrected chi connectivity index (χ2v) is 7.81. The van der Waals surface area contributed by atoms with Crippen molar-refractivity contribution in [2.45, 2.75) is 26.8 Å². The van der Waals surface area contributed by atoms with Crippen LogP contribution >= 0.6 is 0 Å². The first kappa shape index (κ1) is 22.1. The Kier molecular flexibility index (Phi) is 6.68. The van der Waals surface area contributed by atoms with Crippen LogP contribution in [0.1, 0.15) is 33.0 Å². The zero-order valence-corrected chi connectivity index (χ0v) is 18.9. The highest BCUT2D eigenvalue weighted by Gasteiger charge is 2.12. The van der Waals surface area contributed by atoms with Crippen LogP contribution < -0.4 is 10.6 Å². The quantitative estimate of drug-likeness (QED) is 0.432. The van der Waals surface area contributed by atoms with Gasteiger partial charge in [0.25, 0.3) is 5.91 Å². The zero-order chi connectivity index (χ0) is 23.2. The van der Waals surface area contributed by atoms with E-state index in [1.165, 1.54) is 6.33 Å². The van der Waals surface area contributed by atoms with Crippen molar-refractivity contribution in [1.29, 1.82) is 0 Å². The molecule has 33 heavy (non-hydrogen) atoms. The van der Waals surface area contributed by atoms with Gasteiger partial charge < -0.3 is 15.2 Å². The van der Waals surface area contributed by atoms with E-state index >= 15 is 0 Å². The lowest BCUT2D eigenvalue weighted by atomic mass is 10.1. The number of benzene rings is 1. The summed E-state index contributed by atoms with van der Waals surface area (Å²) in [5, 5.41) is 14.8. The minimum absolute atomic E-state index is 0.117. The average molecular weight is 443 g/mol. The van der Waals surface area contributed by atoms with Gasteiger partial charge in [-0.1, -0.05) is 12.1 Å². The van der Waals surface area contributed by atoms with E-state index in [4.69, 9.17) is 0 Å². The largest absolute Gasteiger partial charge is 0.378 e. The highest BCUT2D eigenvalue weighted by molar-refractivity contribution is 5.95. The number of hydrogen-bond donors (Lipinski definition) is 2. The number of amides is 1. The molecule has 0 atom stereocenters. The molecule has 0 bridgehead atoms. The second kappa shape index (κ2) is 9.99. The Bertz CT molecular complexity index is 1250. The smallest absolute Gasteiger partial charge is 0.251 e. The number of nitrogens with zero attached hydrogens (tertiary/aromatic N) is 6. The van der Waals surface area contributed by atoms with E-state index in [1.54, 1.807) is 18.3 Å². The number of anilines is 1. The Morgan fingerprint density at radius 2 is 1.97 bits per heavy atom. The van der Waals surface area contributed by atoms with E-state index in [1.807, 2.05) is 49.9 Å². The lowest BCUT2D eigenvalue weighted by Crippen LogP contribution is -2.26. The fourth-order valence-electron chi connectivity index (χ4n) is 3.51. The van der Waals surface area contributed by atoms with Crippen LogP contribution in [0.15, 0.2) is 55.1 Å². The van der Waals surface area contributed by atoms with Gasteiger partial charge in [0, 0.05) is 49.4 Å². The molecule has 2 N–H and O–H groups in total. The Labute approximate surface area is 192 Å². The summed E-state index contributed by atoms with van der Waals surface area (Å²) in [6.07, 6.45) is 5.70. The fraction of sp³-hybridized carbons (Fsp3) is 0.250. The van der Waals surface area contributed by atoms with Crippen LogP contribution in [-0.4, -0.2) is 42.2 Å². The molecule has 9 nitrogen and oxygen atoms in total. The molecule has 1 amide bonds. The number of aryl methyl sites for hydroxylation is 2. The van der Waals surface area contributed by atoms with Gasteiger partial charge in [0.2, 0.25) is 0 Å². The van der Waals surface area contributed by atoms with Crippen LogP contribution in [0, 0.1) is 13.8 Å². The van der Waals surface area contributed by atoms with Crippen molar-refractivity contribution in [3.8, 4) is 11.5 Å². The highest BCUT2D eigenvalue weighted by Crippen LogP contribution is 2.16. The van der Waals surface area contributed by atoms with Crippen LogP contribution in [0.3, 0.4) is 0 Å². The van der Waals surface area contributed by atoms with Crippen molar-refractivity contribution >= 4 is 11.6 Å². The Morgan fingerprint density at radius 1 is 1.09 bits per heavy atom. The SMILES string of the molecule is Cc1cnc(CCNC(=O)c2cccc(NCc3nnc(-c4ccncn4)n3C)c2)c(C)c1. The van der Waals surface area contributed by atoms with Crippen molar-refractivity contribution in [2.24, 2.45) is 7.05 Å². The molecule has 0 aliphatic rings. The van der Waals surface area contributed by atoms with E-state index in [2.05, 4.69) is 41.8 Å². The molecule has 0 radical (unpaired) electrons. The van der Waals surface area contributed by atoms with E-state index in [9.17, 15) is 4.79 Å². The second-order valence-electron chi connectivity index (χ2n) is 7.81. The van der Waals surface area contributed by atoms with Crippen molar-refractivity contribution < 1.29 is 4.79 Å². The molecular weight excluding hydrogens is 416 g/mol. The van der Waals surface area contributed by atoms with E-state index in [-0.39, 0.29) is 5.91 Å². The van der Waals surface area contributed by atoms with Crippen LogP contribution in [0.5, 0.6) is 0 Å². The van der Waals surface area contributed by atoms with Gasteiger partial charge in [0.1, 0.15) is 12.0 Å². The predicted molar refractivity (Wildman–Crippen MR) is 126 cm³/mol. The first-order valence-electron chi connectivity index (χ1n) is 10.7. The molecule has 0 aliphatic heterocycles. The molecule has 1 aromatic carbocycles. The van der Waals surface area contributed by atoms with Crippen LogP contribution in [-0.2, 0) is 20.0 Å². The first-order chi connectivity index (χ1) is 16.0. The summed E-state index contributed by atoms with van der Waals surface area (Å²) >= 11 is 0. The number of aromatic nitrogens is 6. The zero-order valence-electron chi connectivity index (χ0n) is 18.9. The summed E-state index contributed by atoms with van der Waals surface area (Å²) in [5.41, 5.74) is 5.40. The number of carbonyl (C=O) groups is 1. The molecule has 3 aromatic heterocycles. The summed E-state index contributed by atoms with van der Waals surface area (Å²) in [6.45, 7) is 5.05. The molecule has 3 heterocycles. The van der Waals surface area contributed by atoms with Gasteiger partial charge in [0.15, 0.2) is 11.6 Å². The van der Waals surface area contributed by atoms with E-state index in [0.717, 1.165) is 28.3 Å². The molecule has 0 saturated carbocycles. The number of carbonyl (C=O) groups excluding carboxylic acids is 1. The van der Waals surface area contributed by atoms with Crippen LogP contribution in [0.2, 0.25) is 0 Å². The maximum absolute atomic E-state index is 12.6. The van der Waals surface area contributed by atoms with Gasteiger partial charge in [-0.15, -0.1) is 10.2 Å². The third-order valence-electron chi connectivity index (χ3n) is 5.32. The van der Waals surface area contributed by atoms with Gasteiger partial charge in [-0.2, -0.15) is 0 Å². The number of pyridine rings is 1. The lowest BCUT2D eigenvalue weighted by molar-refractivity contribution is 0.0954. The number of hydrogen-bond acceptors (Lipinski definition) is 7. The molecule has 0 unspecified atom stereocenters. The molecule has 0 spiro atoms. The van der Waals surface area contributed by atoms with Crippen molar-refractivity contribution in [2.75, 3.05) is 11.9 Å². The summed E-state index contributed by atoms with van der Waals surface area (Å²) in [6, 6.07) is 11.3. The standard InChI is InChI=1S/C24H26N8O/c1-16-11-17(2)20(28-13-16)8-10-26-24(33)18-5-4-6-19(12-18)27-14-22-30-31-23(32(22)3)21-7-9-25-15-29-21/h4-7,9,11-13,15,27H,8,10,14H2,1-3H3,(H,26,33). The molecule has 4 rings (SSSR count). The topological polar surface area (TPSA) is 111 Å². The van der Waals surface area contributed by atoms with Gasteiger partial charge >= 0.3 is 0 Å². The number of nitrogens with one attached hydrogen (secondary N) is 2. The molecule has 4 aromatic rings. The third kappa shape index (κ3) is 5.38. The molecular formula is C24H26N8O. The minimum Gasteiger partial charge on any atom is -0.378 e. The van der Waals surface area contributed by atoms with Gasteiger partial charge in [-0.25, -0.2) is 9.97 Å². The van der Waals surface area contributed by atoms with Crippen molar-refractivity contribution in [3.63, 3.8) is 0 Å². The molecule has 0 saturated heterocycles. The maximum Gasteiger partial charge on any atom is 0.251 e. The lowest BCUT2D eigenvalue weighted by Gasteiger charge is -2.10. The Morgan fingerprint density at radius 3 is 2.76 bits per heavy atom. The molecule has 9 heteroatoms. The van der Waals surface area contributed by atoms with Gasteiger partial charge in [-0.05, 0) is 49.2 Å². The summed E-state index contributed by atoms with van der Waals surface area (Å²) in [4.78, 5) is 25.2. The Hall–Kier alpha value is -4.14. The molecule has 168 valence electrons. The van der Waals surface area contributed by atoms with Gasteiger partial charge in [-0.3, -0.25) is 9.78 Å². The third-order valence-corrected chi connectivity index (χ3v) is 5.32. The monoisotopic (exact) mass is 442 g/mol. The summed E-state index contributed by atoms with van der Waals surface area (Å²) in [7, 11) is 1.89. The maximum atomic E-state index is 12.6. The first-order valence-corrected chi connectivity index (χ1v) is 10.7. The molecule has 0 aliphatic carbocycles. The molecule has 0 fully saturated rings. The fourth-order valence-corrected chi connectivity index (χ4v) is 3.51. The van der Waals surface area contributed by atoms with Crippen molar-refractivity contribution in [1.82, 2.24) is 35.0 Å². The van der Waals surface area contributed by atoms with Gasteiger partial charge in [0.05, 0.1) is 6.54 Å². The Balaban J connectivity index is 1.34. The van der Waals surface area contributed by atoms with E-state index in [0.29, 0.717) is 36.6 Å². The minimum atomic E-state index is -0.117. The van der Waals surface area contributed by atoms with Crippen LogP contribution in [0.4, 0.5) is 5.69 Å².